The van der Waals surface area contributed by atoms with Crippen molar-refractivity contribution in [3.8, 4) is 5.75 Å². The van der Waals surface area contributed by atoms with Gasteiger partial charge >= 0.3 is 5.97 Å². The molecule has 2 rings (SSSR count). The molecule has 6 heteroatoms. The normalized spacial score (nSPS) is 10.2. The van der Waals surface area contributed by atoms with E-state index in [9.17, 15) is 9.59 Å². The van der Waals surface area contributed by atoms with Gasteiger partial charge < -0.3 is 18.6 Å². The number of hydrogen-bond acceptors (Lipinski definition) is 6. The first kappa shape index (κ1) is 18.3. The first-order valence-electron chi connectivity index (χ1n) is 7.90. The molecule has 2 aromatic rings. The van der Waals surface area contributed by atoms with Gasteiger partial charge in [-0.25, -0.2) is 4.79 Å². The van der Waals surface area contributed by atoms with Crippen molar-refractivity contribution in [2.75, 3.05) is 13.2 Å². The lowest BCUT2D eigenvalue weighted by atomic mass is 10.2. The van der Waals surface area contributed by atoms with Gasteiger partial charge in [-0.3, -0.25) is 4.79 Å². The van der Waals surface area contributed by atoms with Crippen LogP contribution < -0.4 is 10.2 Å². The molecule has 0 spiro atoms. The van der Waals surface area contributed by atoms with E-state index in [1.54, 1.807) is 13.8 Å². The van der Waals surface area contributed by atoms with Crippen LogP contribution in [0.1, 0.15) is 35.5 Å². The van der Waals surface area contributed by atoms with Gasteiger partial charge in [-0.1, -0.05) is 36.9 Å². The van der Waals surface area contributed by atoms with E-state index in [0.29, 0.717) is 6.61 Å². The lowest BCUT2D eigenvalue weighted by Gasteiger charge is -2.12. The maximum Gasteiger partial charge on any atom is 0.378 e. The topological polar surface area (TPSA) is 75.0 Å². The van der Waals surface area contributed by atoms with Crippen molar-refractivity contribution in [1.82, 2.24) is 0 Å². The minimum atomic E-state index is -0.767. The molecule has 0 amide bonds. The molecule has 0 aliphatic heterocycles. The van der Waals surface area contributed by atoms with Crippen molar-refractivity contribution in [3.05, 3.63) is 70.3 Å². The predicted molar refractivity (Wildman–Crippen MR) is 92.4 cm³/mol. The molecule has 6 nitrogen and oxygen atoms in total. The van der Waals surface area contributed by atoms with Crippen molar-refractivity contribution in [1.29, 1.82) is 0 Å². The summed E-state index contributed by atoms with van der Waals surface area (Å²) in [5.41, 5.74) is 0.396. The zero-order valence-corrected chi connectivity index (χ0v) is 14.2. The highest BCUT2D eigenvalue weighted by Crippen LogP contribution is 2.21. The minimum Gasteiger partial charge on any atom is -0.494 e. The fourth-order valence-electron chi connectivity index (χ4n) is 2.09. The highest BCUT2D eigenvalue weighted by molar-refractivity contribution is 5.89. The molecule has 0 fully saturated rings. The molecule has 0 N–H and O–H groups in total. The van der Waals surface area contributed by atoms with E-state index in [1.807, 2.05) is 30.3 Å². The number of ether oxygens (including phenoxy) is 3. The van der Waals surface area contributed by atoms with Crippen LogP contribution in [-0.2, 0) is 16.1 Å². The third-order valence-electron chi connectivity index (χ3n) is 3.26. The van der Waals surface area contributed by atoms with Crippen molar-refractivity contribution >= 4 is 11.7 Å². The van der Waals surface area contributed by atoms with E-state index in [1.165, 1.54) is 0 Å². The second kappa shape index (κ2) is 8.73. The summed E-state index contributed by atoms with van der Waals surface area (Å²) in [7, 11) is 0. The second-order valence-corrected chi connectivity index (χ2v) is 4.99. The van der Waals surface area contributed by atoms with Gasteiger partial charge in [0.15, 0.2) is 0 Å². The van der Waals surface area contributed by atoms with Crippen molar-refractivity contribution in [2.24, 2.45) is 0 Å². The van der Waals surface area contributed by atoms with E-state index in [4.69, 9.17) is 18.6 Å². The number of rotatable bonds is 8. The van der Waals surface area contributed by atoms with Gasteiger partial charge in [0, 0.05) is 0 Å². The fourth-order valence-corrected chi connectivity index (χ4v) is 2.09. The van der Waals surface area contributed by atoms with Crippen molar-refractivity contribution in [3.63, 3.8) is 0 Å². The third kappa shape index (κ3) is 4.50. The molecule has 0 bridgehead atoms. The molecular weight excluding hydrogens is 324 g/mol. The Kier molecular flexibility index (Phi) is 6.39. The Morgan fingerprint density at radius 1 is 1.12 bits per heavy atom. The Bertz CT molecular complexity index is 791. The van der Waals surface area contributed by atoms with Crippen LogP contribution in [0.2, 0.25) is 0 Å². The average molecular weight is 344 g/mol. The molecule has 132 valence electrons. The summed E-state index contributed by atoms with van der Waals surface area (Å²) in [4.78, 5) is 24.7. The van der Waals surface area contributed by atoms with Crippen LogP contribution in [-0.4, -0.2) is 19.2 Å². The first-order valence-corrected chi connectivity index (χ1v) is 7.90. The standard InChI is InChI=1S/C19H20O6/c1-4-22-13(3)15-12-25-18(19(21)23-5-2)17(16(15)20)24-11-14-9-7-6-8-10-14/h6-10,12H,3-5,11H2,1-2H3. The number of hydrogen-bond donors (Lipinski definition) is 0. The van der Waals surface area contributed by atoms with Crippen LogP contribution in [0.25, 0.3) is 5.76 Å². The molecule has 0 aliphatic carbocycles. The summed E-state index contributed by atoms with van der Waals surface area (Å²) < 4.78 is 21.1. The Labute approximate surface area is 145 Å². The summed E-state index contributed by atoms with van der Waals surface area (Å²) in [5.74, 6) is -1.12. The molecule has 1 aromatic heterocycles. The van der Waals surface area contributed by atoms with E-state index in [-0.39, 0.29) is 36.0 Å². The monoisotopic (exact) mass is 344 g/mol. The van der Waals surface area contributed by atoms with Gasteiger partial charge in [0.25, 0.3) is 5.76 Å². The van der Waals surface area contributed by atoms with E-state index in [0.717, 1.165) is 11.8 Å². The molecule has 0 unspecified atom stereocenters. The predicted octanol–water partition coefficient (Wildman–Crippen LogP) is 3.40. The summed E-state index contributed by atoms with van der Waals surface area (Å²) in [6, 6.07) is 9.25. The lowest BCUT2D eigenvalue weighted by molar-refractivity contribution is 0.0478. The van der Waals surface area contributed by atoms with Crippen molar-refractivity contribution < 1.29 is 23.4 Å². The Hall–Kier alpha value is -3.02. The number of carbonyl (C=O) groups is 1. The summed E-state index contributed by atoms with van der Waals surface area (Å²) in [5, 5.41) is 0. The number of benzene rings is 1. The van der Waals surface area contributed by atoms with Crippen LogP contribution in [0, 0.1) is 0 Å². The van der Waals surface area contributed by atoms with Gasteiger partial charge in [0.1, 0.15) is 24.2 Å². The van der Waals surface area contributed by atoms with Crippen LogP contribution in [0.5, 0.6) is 5.75 Å². The molecule has 25 heavy (non-hydrogen) atoms. The number of carbonyl (C=O) groups excluding carboxylic acids is 1. The highest BCUT2D eigenvalue weighted by atomic mass is 16.6. The van der Waals surface area contributed by atoms with Gasteiger partial charge in [-0.2, -0.15) is 0 Å². The number of esters is 1. The average Bonchev–Trinajstić information content (AvgIpc) is 2.61. The first-order chi connectivity index (χ1) is 12.1. The van der Waals surface area contributed by atoms with Gasteiger partial charge in [-0.05, 0) is 19.4 Å². The van der Waals surface area contributed by atoms with Crippen LogP contribution in [0.4, 0.5) is 0 Å². The van der Waals surface area contributed by atoms with Gasteiger partial charge in [0.2, 0.25) is 11.2 Å². The maximum absolute atomic E-state index is 12.7. The molecule has 0 atom stereocenters. The molecular formula is C19H20O6. The molecule has 1 aromatic carbocycles. The molecule has 0 aliphatic rings. The highest BCUT2D eigenvalue weighted by Gasteiger charge is 2.24. The quantitative estimate of drug-likeness (QED) is 0.540. The fraction of sp³-hybridized carbons (Fsp3) is 0.263. The third-order valence-corrected chi connectivity index (χ3v) is 3.26. The van der Waals surface area contributed by atoms with E-state index < -0.39 is 11.4 Å². The van der Waals surface area contributed by atoms with Crippen LogP contribution in [0.3, 0.4) is 0 Å². The molecule has 1 heterocycles. The smallest absolute Gasteiger partial charge is 0.378 e. The second-order valence-electron chi connectivity index (χ2n) is 4.99. The minimum absolute atomic E-state index is 0.0953. The molecule has 0 saturated heterocycles. The van der Waals surface area contributed by atoms with Crippen LogP contribution >= 0.6 is 0 Å². The SMILES string of the molecule is C=C(OCC)c1coc(C(=O)OCC)c(OCc2ccccc2)c1=O. The van der Waals surface area contributed by atoms with Gasteiger partial charge in [-0.15, -0.1) is 0 Å². The lowest BCUT2D eigenvalue weighted by Crippen LogP contribution is -2.18. The molecule has 0 saturated carbocycles. The maximum atomic E-state index is 12.7. The van der Waals surface area contributed by atoms with Crippen LogP contribution in [0.15, 0.2) is 52.4 Å². The zero-order valence-electron chi connectivity index (χ0n) is 14.2. The summed E-state index contributed by atoms with van der Waals surface area (Å²) in [6.45, 7) is 7.71. The Balaban J connectivity index is 2.40. The van der Waals surface area contributed by atoms with Crippen molar-refractivity contribution in [2.45, 2.75) is 20.5 Å². The zero-order chi connectivity index (χ0) is 18.2. The Morgan fingerprint density at radius 3 is 2.44 bits per heavy atom. The molecule has 0 radical (unpaired) electrons. The van der Waals surface area contributed by atoms with Gasteiger partial charge in [0.05, 0.1) is 13.2 Å². The summed E-state index contributed by atoms with van der Waals surface area (Å²) in [6.07, 6.45) is 1.13. The van der Waals surface area contributed by atoms with E-state index >= 15 is 0 Å². The largest absolute Gasteiger partial charge is 0.494 e. The van der Waals surface area contributed by atoms with E-state index in [2.05, 4.69) is 6.58 Å². The Morgan fingerprint density at radius 2 is 1.80 bits per heavy atom. The summed E-state index contributed by atoms with van der Waals surface area (Å²) >= 11 is 0.